The van der Waals surface area contributed by atoms with Crippen molar-refractivity contribution < 1.29 is 0 Å². The van der Waals surface area contributed by atoms with Crippen LogP contribution in [-0.4, -0.2) is 12.3 Å². The third-order valence-corrected chi connectivity index (χ3v) is 14.7. The van der Waals surface area contributed by atoms with Crippen molar-refractivity contribution in [1.82, 2.24) is 0 Å². The van der Waals surface area contributed by atoms with Gasteiger partial charge in [0.05, 0.1) is 0 Å². The largest absolute Gasteiger partial charge is 0.0622 e. The highest BCUT2D eigenvalue weighted by molar-refractivity contribution is 7.73. The highest BCUT2D eigenvalue weighted by atomic mass is 31.1. The molecule has 0 aromatic heterocycles. The molecule has 194 valence electrons. The Labute approximate surface area is 232 Å². The van der Waals surface area contributed by atoms with E-state index in [1.807, 2.05) is 0 Å². The van der Waals surface area contributed by atoms with Crippen molar-refractivity contribution in [2.75, 3.05) is 12.3 Å². The topological polar surface area (TPSA) is 0 Å². The van der Waals surface area contributed by atoms with E-state index in [2.05, 4.69) is 121 Å². The van der Waals surface area contributed by atoms with Crippen LogP contribution in [0.5, 0.6) is 0 Å². The van der Waals surface area contributed by atoms with Crippen molar-refractivity contribution in [2.24, 2.45) is 17.3 Å². The first-order valence-electron chi connectivity index (χ1n) is 14.6. The van der Waals surface area contributed by atoms with E-state index in [9.17, 15) is 0 Å². The molecule has 0 N–H and O–H groups in total. The zero-order valence-electron chi connectivity index (χ0n) is 22.5. The fraction of sp³-hybridized carbons (Fsp3) is 0.333. The molecule has 38 heavy (non-hydrogen) atoms. The normalized spacial score (nSPS) is 23.3. The SMILES string of the molecule is c1ccc(P(C[C@H]2CCC[C@H]3CCCC[C@]32CP(c2ccccc2)c2ccccc2)c2ccccc2)cc1. The van der Waals surface area contributed by atoms with Crippen molar-refractivity contribution in [3.05, 3.63) is 121 Å². The van der Waals surface area contributed by atoms with Gasteiger partial charge >= 0.3 is 0 Å². The van der Waals surface area contributed by atoms with Crippen molar-refractivity contribution in [3.8, 4) is 0 Å². The molecule has 6 rings (SSSR count). The van der Waals surface area contributed by atoms with Crippen molar-refractivity contribution in [1.29, 1.82) is 0 Å². The molecule has 0 aliphatic heterocycles. The molecular weight excluding hydrogens is 494 g/mol. The minimum atomic E-state index is -0.380. The van der Waals surface area contributed by atoms with Gasteiger partial charge in [-0.1, -0.05) is 141 Å². The summed E-state index contributed by atoms with van der Waals surface area (Å²) in [6.45, 7) is 0. The lowest BCUT2D eigenvalue weighted by Gasteiger charge is -2.55. The molecule has 2 heteroatoms. The highest BCUT2D eigenvalue weighted by Crippen LogP contribution is 2.60. The Morgan fingerprint density at radius 2 is 0.947 bits per heavy atom. The third-order valence-electron chi connectivity index (χ3n) is 9.30. The van der Waals surface area contributed by atoms with Crippen LogP contribution in [-0.2, 0) is 0 Å². The van der Waals surface area contributed by atoms with E-state index >= 15 is 0 Å². The van der Waals surface area contributed by atoms with Gasteiger partial charge in [-0.15, -0.1) is 0 Å². The van der Waals surface area contributed by atoms with E-state index in [-0.39, 0.29) is 15.8 Å². The maximum atomic E-state index is 2.41. The van der Waals surface area contributed by atoms with Crippen LogP contribution in [0.25, 0.3) is 0 Å². The monoisotopic (exact) mass is 534 g/mol. The van der Waals surface area contributed by atoms with E-state index in [1.165, 1.54) is 57.3 Å². The lowest BCUT2D eigenvalue weighted by Crippen LogP contribution is -2.48. The summed E-state index contributed by atoms with van der Waals surface area (Å²) in [5, 5.41) is 6.22. The Balaban J connectivity index is 1.40. The Hall–Kier alpha value is -2.26. The van der Waals surface area contributed by atoms with Crippen LogP contribution in [0.15, 0.2) is 121 Å². The molecule has 0 bridgehead atoms. The molecule has 2 saturated carbocycles. The van der Waals surface area contributed by atoms with Crippen LogP contribution in [0, 0.1) is 17.3 Å². The Kier molecular flexibility index (Phi) is 8.40. The molecule has 0 amide bonds. The summed E-state index contributed by atoms with van der Waals surface area (Å²) in [6.07, 6.45) is 12.7. The van der Waals surface area contributed by atoms with E-state index in [0.717, 1.165) is 11.8 Å². The number of fused-ring (bicyclic) bond motifs is 1. The molecule has 0 nitrogen and oxygen atoms in total. The minimum Gasteiger partial charge on any atom is -0.0622 e. The lowest BCUT2D eigenvalue weighted by atomic mass is 9.56. The molecule has 4 aromatic carbocycles. The van der Waals surface area contributed by atoms with Gasteiger partial charge in [0.25, 0.3) is 0 Å². The second-order valence-electron chi connectivity index (χ2n) is 11.3. The molecule has 4 aromatic rings. The smallest absolute Gasteiger partial charge is 0.0183 e. The minimum absolute atomic E-state index is 0.364. The predicted molar refractivity (Wildman–Crippen MR) is 170 cm³/mol. The zero-order valence-corrected chi connectivity index (χ0v) is 24.2. The highest BCUT2D eigenvalue weighted by Gasteiger charge is 2.50. The van der Waals surface area contributed by atoms with Crippen LogP contribution >= 0.6 is 15.8 Å². The summed E-state index contributed by atoms with van der Waals surface area (Å²) < 4.78 is 0. The number of hydrogen-bond acceptors (Lipinski definition) is 0. The summed E-state index contributed by atoms with van der Waals surface area (Å²) in [7, 11) is -0.744. The van der Waals surface area contributed by atoms with Gasteiger partial charge in [0, 0.05) is 0 Å². The fourth-order valence-electron chi connectivity index (χ4n) is 7.45. The van der Waals surface area contributed by atoms with Crippen molar-refractivity contribution >= 4 is 37.1 Å². The number of rotatable bonds is 8. The second kappa shape index (κ2) is 12.3. The van der Waals surface area contributed by atoms with E-state index in [0.29, 0.717) is 5.41 Å². The zero-order chi connectivity index (χ0) is 25.6. The Morgan fingerprint density at radius 3 is 1.45 bits per heavy atom. The van der Waals surface area contributed by atoms with Crippen LogP contribution in [0.3, 0.4) is 0 Å². The van der Waals surface area contributed by atoms with Gasteiger partial charge in [-0.3, -0.25) is 0 Å². The van der Waals surface area contributed by atoms with Gasteiger partial charge < -0.3 is 0 Å². The number of benzene rings is 4. The molecule has 2 aliphatic carbocycles. The van der Waals surface area contributed by atoms with Gasteiger partial charge in [0.15, 0.2) is 0 Å². The van der Waals surface area contributed by atoms with Crippen molar-refractivity contribution in [3.63, 3.8) is 0 Å². The average molecular weight is 535 g/mol. The first-order valence-corrected chi connectivity index (χ1v) is 17.6. The maximum Gasteiger partial charge on any atom is -0.0183 e. The molecule has 2 aliphatic rings. The summed E-state index contributed by atoms with van der Waals surface area (Å²) in [4.78, 5) is 0. The number of hydrogen-bond donors (Lipinski definition) is 0. The standard InChI is InChI=1S/C36H40P2/c1-5-19-32(20-6-1)37(33-21-7-2-8-22-33)28-31-18-15-17-30-16-13-14-27-36(30,31)29-38(34-23-9-3-10-24-34)35-25-11-4-12-26-35/h1-12,19-26,30-31H,13-18,27-29H2/t30-,31-,36+/m1/s1. The Morgan fingerprint density at radius 1 is 0.500 bits per heavy atom. The second-order valence-corrected chi connectivity index (χ2v) is 15.8. The molecule has 0 saturated heterocycles. The average Bonchev–Trinajstić information content (AvgIpc) is 3.00. The van der Waals surface area contributed by atoms with Gasteiger partial charge in [-0.2, -0.15) is 0 Å². The molecule has 2 fully saturated rings. The quantitative estimate of drug-likeness (QED) is 0.200. The first-order chi connectivity index (χ1) is 18.8. The summed E-state index contributed by atoms with van der Waals surface area (Å²) >= 11 is 0. The van der Waals surface area contributed by atoms with Crippen molar-refractivity contribution in [2.45, 2.75) is 44.9 Å². The lowest BCUT2D eigenvalue weighted by molar-refractivity contribution is 0.0169. The molecule has 0 radical (unpaired) electrons. The van der Waals surface area contributed by atoms with Crippen LogP contribution in [0.2, 0.25) is 0 Å². The van der Waals surface area contributed by atoms with Gasteiger partial charge in [-0.25, -0.2) is 0 Å². The van der Waals surface area contributed by atoms with Gasteiger partial charge in [0.2, 0.25) is 0 Å². The van der Waals surface area contributed by atoms with Crippen LogP contribution in [0.4, 0.5) is 0 Å². The summed E-state index contributed by atoms with van der Waals surface area (Å²) in [6, 6.07) is 45.9. The van der Waals surface area contributed by atoms with E-state index in [4.69, 9.17) is 0 Å². The molecule has 3 atom stereocenters. The fourth-order valence-corrected chi connectivity index (χ4v) is 13.2. The van der Waals surface area contributed by atoms with E-state index < -0.39 is 0 Å². The summed E-state index contributed by atoms with van der Waals surface area (Å²) in [5.74, 6) is 1.68. The van der Waals surface area contributed by atoms with Crippen LogP contribution in [0.1, 0.15) is 44.9 Å². The molecule has 0 spiro atoms. The molecule has 0 heterocycles. The van der Waals surface area contributed by atoms with Gasteiger partial charge in [-0.05, 0) is 92.3 Å². The third kappa shape index (κ3) is 5.55. The van der Waals surface area contributed by atoms with Crippen LogP contribution < -0.4 is 21.2 Å². The summed E-state index contributed by atoms with van der Waals surface area (Å²) in [5.41, 5.74) is 0.456. The Bertz CT molecular complexity index is 1180. The maximum absolute atomic E-state index is 2.41. The molecule has 0 unspecified atom stereocenters. The molecular formula is C36H40P2. The van der Waals surface area contributed by atoms with E-state index in [1.54, 1.807) is 21.2 Å². The predicted octanol–water partition coefficient (Wildman–Crippen LogP) is 8.23. The van der Waals surface area contributed by atoms with Gasteiger partial charge in [0.1, 0.15) is 0 Å². The first kappa shape index (κ1) is 26.0.